The molecule has 0 N–H and O–H groups in total. The minimum absolute atomic E-state index is 0.569. The average Bonchev–Trinajstić information content (AvgIpc) is 3.12. The van der Waals surface area contributed by atoms with Gasteiger partial charge in [0.25, 0.3) is 5.82 Å². The van der Waals surface area contributed by atoms with Crippen molar-refractivity contribution >= 4 is 16.6 Å². The summed E-state index contributed by atoms with van der Waals surface area (Å²) in [5.41, 5.74) is 4.22. The predicted octanol–water partition coefficient (Wildman–Crippen LogP) is 1.54. The van der Waals surface area contributed by atoms with Crippen molar-refractivity contribution < 1.29 is 8.68 Å². The number of rotatable bonds is 0. The van der Waals surface area contributed by atoms with Crippen LogP contribution in [-0.4, -0.2) is 18.9 Å². The molecule has 0 atom stereocenters. The van der Waals surface area contributed by atoms with Gasteiger partial charge in [0, 0.05) is 18.6 Å². The Kier molecular flexibility index (Phi) is 1.27. The fourth-order valence-electron chi connectivity index (χ4n) is 3.11. The molecule has 4 aromatic heterocycles. The van der Waals surface area contributed by atoms with Gasteiger partial charge in [-0.2, -0.15) is 0 Å². The van der Waals surface area contributed by atoms with Crippen LogP contribution in [0.2, 0.25) is 0 Å². The third-order valence-electron chi connectivity index (χ3n) is 3.95. The molecule has 0 amide bonds. The highest BCUT2D eigenvalue weighted by Crippen LogP contribution is 2.31. The van der Waals surface area contributed by atoms with E-state index in [1.54, 1.807) is 18.6 Å². The van der Waals surface area contributed by atoms with Gasteiger partial charge in [0.1, 0.15) is 12.1 Å². The van der Waals surface area contributed by atoms with Crippen molar-refractivity contribution in [1.29, 1.82) is 0 Å². The maximum absolute atomic E-state index is 7.99. The Balaban J connectivity index is 2.01. The highest BCUT2D eigenvalue weighted by atomic mass is 15.2. The molecule has 0 saturated heterocycles. The summed E-state index contributed by atoms with van der Waals surface area (Å²) in [5.74, 6) is 0.685. The van der Waals surface area contributed by atoms with Crippen molar-refractivity contribution in [2.75, 3.05) is 0 Å². The molecule has 0 aliphatic carbocycles. The zero-order valence-corrected chi connectivity index (χ0v) is 10.5. The topological polar surface area (TPSA) is 39.0 Å². The second-order valence-electron chi connectivity index (χ2n) is 4.97. The van der Waals surface area contributed by atoms with E-state index in [4.69, 9.17) is 4.11 Å². The van der Waals surface area contributed by atoms with Crippen molar-refractivity contribution in [3.8, 4) is 11.4 Å². The van der Waals surface area contributed by atoms with E-state index < -0.39 is 6.98 Å². The van der Waals surface area contributed by atoms with Crippen molar-refractivity contribution in [2.45, 2.75) is 6.54 Å². The molecule has 0 saturated carbocycles. The molecule has 4 aromatic rings. The van der Waals surface area contributed by atoms with Gasteiger partial charge in [0.05, 0.1) is 34.7 Å². The first-order chi connectivity index (χ1) is 11.1. The van der Waals surface area contributed by atoms with Gasteiger partial charge in [-0.25, -0.2) is 9.13 Å². The third kappa shape index (κ3) is 1.02. The van der Waals surface area contributed by atoms with Crippen LogP contribution in [-0.2, 0) is 13.5 Å². The van der Waals surface area contributed by atoms with Gasteiger partial charge in [-0.15, -0.1) is 0 Å². The van der Waals surface area contributed by atoms with Gasteiger partial charge in [-0.3, -0.25) is 9.97 Å². The average molecular weight is 265 g/mol. The first-order valence-electron chi connectivity index (χ1n) is 7.89. The molecule has 1 aliphatic heterocycles. The lowest BCUT2D eigenvalue weighted by Gasteiger charge is -1.94. The van der Waals surface area contributed by atoms with Gasteiger partial charge < -0.3 is 4.40 Å². The van der Waals surface area contributed by atoms with Crippen LogP contribution in [0.15, 0.2) is 43.1 Å². The number of pyridine rings is 1. The van der Waals surface area contributed by atoms with E-state index >= 15 is 0 Å². The Morgan fingerprint density at radius 1 is 1.35 bits per heavy atom. The van der Waals surface area contributed by atoms with E-state index in [1.807, 2.05) is 33.5 Å². The van der Waals surface area contributed by atoms with E-state index in [0.717, 1.165) is 22.3 Å². The SMILES string of the molecule is [2H]C([2H])([2H])n1c2[n+](c3c1cn1ccncc31)Cc1ncccc1-2. The van der Waals surface area contributed by atoms with E-state index in [1.165, 1.54) is 4.57 Å². The molecule has 20 heavy (non-hydrogen) atoms. The van der Waals surface area contributed by atoms with Gasteiger partial charge in [0.2, 0.25) is 5.52 Å². The molecule has 0 fully saturated rings. The number of nitrogens with zero attached hydrogens (tertiary/aromatic N) is 5. The second-order valence-corrected chi connectivity index (χ2v) is 4.97. The Labute approximate surface area is 119 Å². The third-order valence-corrected chi connectivity index (χ3v) is 3.95. The van der Waals surface area contributed by atoms with Crippen LogP contribution in [0, 0.1) is 0 Å². The Morgan fingerprint density at radius 2 is 2.35 bits per heavy atom. The summed E-state index contributed by atoms with van der Waals surface area (Å²) in [6.07, 6.45) is 8.86. The maximum Gasteiger partial charge on any atom is 0.292 e. The van der Waals surface area contributed by atoms with E-state index in [9.17, 15) is 0 Å². The summed E-state index contributed by atoms with van der Waals surface area (Å²) in [4.78, 5) is 8.58. The number of hydrogen-bond donors (Lipinski definition) is 0. The van der Waals surface area contributed by atoms with Crippen molar-refractivity contribution in [3.63, 3.8) is 0 Å². The molecule has 0 unspecified atom stereocenters. The molecular formula is C15H12N5+. The Morgan fingerprint density at radius 3 is 3.30 bits per heavy atom. The number of aryl methyl sites for hydroxylation is 1. The second kappa shape index (κ2) is 3.25. The maximum atomic E-state index is 7.99. The van der Waals surface area contributed by atoms with E-state index in [2.05, 4.69) is 9.97 Å². The summed E-state index contributed by atoms with van der Waals surface area (Å²) < 4.78 is 29.3. The molecule has 1 aliphatic rings. The van der Waals surface area contributed by atoms with Crippen LogP contribution in [0.25, 0.3) is 27.9 Å². The normalized spacial score (nSPS) is 15.9. The first-order valence-corrected chi connectivity index (χ1v) is 6.39. The molecule has 5 rings (SSSR count). The van der Waals surface area contributed by atoms with Crippen molar-refractivity contribution in [1.82, 2.24) is 18.9 Å². The minimum atomic E-state index is -2.27. The van der Waals surface area contributed by atoms with E-state index in [-0.39, 0.29) is 0 Å². The molecule has 96 valence electrons. The Hall–Kier alpha value is -2.69. The summed E-state index contributed by atoms with van der Waals surface area (Å²) >= 11 is 0. The van der Waals surface area contributed by atoms with Gasteiger partial charge in [0.15, 0.2) is 5.52 Å². The quantitative estimate of drug-likeness (QED) is 0.398. The number of imidazole rings is 1. The largest absolute Gasteiger partial charge is 0.313 e. The number of fused-ring (bicyclic) bond motifs is 7. The van der Waals surface area contributed by atoms with Gasteiger partial charge in [-0.05, 0) is 12.1 Å². The minimum Gasteiger partial charge on any atom is -0.313 e. The molecule has 5 heterocycles. The van der Waals surface area contributed by atoms with Crippen molar-refractivity contribution in [2.24, 2.45) is 6.98 Å². The van der Waals surface area contributed by atoms with Crippen molar-refractivity contribution in [3.05, 3.63) is 48.8 Å². The highest BCUT2D eigenvalue weighted by molar-refractivity contribution is 5.91. The van der Waals surface area contributed by atoms with Gasteiger partial charge >= 0.3 is 0 Å². The Bertz CT molecular complexity index is 1090. The fraction of sp³-hybridized carbons (Fsp3) is 0.133. The standard InChI is InChI=1S/C15H12N5/c1-18-13-9-19-6-5-16-7-12(19)14(13)20-8-11-10(15(18)20)3-2-4-17-11/h2-7,9H,8H2,1H3/q+1/i1D3. The smallest absolute Gasteiger partial charge is 0.292 e. The summed E-state index contributed by atoms with van der Waals surface area (Å²) in [6, 6.07) is 3.76. The molecule has 0 bridgehead atoms. The van der Waals surface area contributed by atoms with Crippen LogP contribution in [0.3, 0.4) is 0 Å². The molecule has 0 radical (unpaired) electrons. The van der Waals surface area contributed by atoms with Crippen LogP contribution in [0.5, 0.6) is 0 Å². The molecular weight excluding hydrogens is 250 g/mol. The summed E-state index contributed by atoms with van der Waals surface area (Å²) in [5, 5.41) is 0. The van der Waals surface area contributed by atoms with Crippen LogP contribution >= 0.6 is 0 Å². The highest BCUT2D eigenvalue weighted by Gasteiger charge is 2.34. The first kappa shape index (κ1) is 7.79. The molecule has 0 spiro atoms. The predicted molar refractivity (Wildman–Crippen MR) is 74.2 cm³/mol. The lowest BCUT2D eigenvalue weighted by atomic mass is 10.2. The van der Waals surface area contributed by atoms with Crippen LogP contribution in [0.4, 0.5) is 0 Å². The number of hydrogen-bond acceptors (Lipinski definition) is 2. The molecule has 5 heteroatoms. The van der Waals surface area contributed by atoms with Crippen LogP contribution < -0.4 is 4.57 Å². The lowest BCUT2D eigenvalue weighted by molar-refractivity contribution is -0.645. The molecule has 0 aromatic carbocycles. The summed E-state index contributed by atoms with van der Waals surface area (Å²) in [6.45, 7) is -1.70. The van der Waals surface area contributed by atoms with E-state index in [0.29, 0.717) is 17.9 Å². The number of aromatic nitrogens is 5. The monoisotopic (exact) mass is 265 g/mol. The lowest BCUT2D eigenvalue weighted by Crippen LogP contribution is -2.31. The zero-order chi connectivity index (χ0) is 15.8. The molecule has 5 nitrogen and oxygen atoms in total. The zero-order valence-electron chi connectivity index (χ0n) is 13.5. The van der Waals surface area contributed by atoms with Gasteiger partial charge in [-0.1, -0.05) is 0 Å². The fourth-order valence-corrected chi connectivity index (χ4v) is 3.11. The summed E-state index contributed by atoms with van der Waals surface area (Å²) in [7, 11) is 0. The van der Waals surface area contributed by atoms with Crippen LogP contribution in [0.1, 0.15) is 9.81 Å².